The second-order valence-electron chi connectivity index (χ2n) is 17.0. The van der Waals surface area contributed by atoms with E-state index in [2.05, 4.69) is 9.97 Å². The number of hydrogen-bond donors (Lipinski definition) is 1. The Kier molecular flexibility index (Phi) is 15.3. The largest absolute Gasteiger partial charge is 0.457 e. The van der Waals surface area contributed by atoms with Gasteiger partial charge in [-0.25, -0.2) is 9.78 Å². The van der Waals surface area contributed by atoms with E-state index in [-0.39, 0.29) is 43.7 Å². The molecule has 5 rings (SSSR count). The molecule has 3 aliphatic rings. The minimum Gasteiger partial charge on any atom is -0.457 e. The Morgan fingerprint density at radius 3 is 2.47 bits per heavy atom. The number of methoxy groups -OCH3 is 1. The van der Waals surface area contributed by atoms with Gasteiger partial charge in [0.15, 0.2) is 17.7 Å². The molecule has 3 aliphatic heterocycles. The molecule has 0 aliphatic carbocycles. The number of amides is 1. The first kappa shape index (κ1) is 46.1. The number of allylic oxidation sites excluding steroid dienone is 1. The molecule has 2 aromatic heterocycles. The number of aliphatic hydroxyl groups is 1. The summed E-state index contributed by atoms with van der Waals surface area (Å²) in [6, 6.07) is 2.70. The Morgan fingerprint density at radius 2 is 1.83 bits per heavy atom. The molecule has 3 fully saturated rings. The zero-order valence-electron chi connectivity index (χ0n) is 36.4. The number of pyridine rings is 1. The lowest BCUT2D eigenvalue weighted by atomic mass is 9.75. The van der Waals surface area contributed by atoms with Crippen LogP contribution in [0.25, 0.3) is 11.3 Å². The van der Waals surface area contributed by atoms with Gasteiger partial charge in [0.05, 0.1) is 35.9 Å². The van der Waals surface area contributed by atoms with E-state index in [1.54, 1.807) is 63.5 Å². The topological polar surface area (TPSA) is 172 Å². The van der Waals surface area contributed by atoms with Crippen molar-refractivity contribution >= 4 is 23.6 Å². The Hall–Kier alpha value is -4.02. The van der Waals surface area contributed by atoms with E-state index in [1.807, 2.05) is 55.7 Å². The second-order valence-corrected chi connectivity index (χ2v) is 17.0. The molecular formula is C44H65N5O10. The molecule has 0 spiro atoms. The number of nitrogens with zero attached hydrogens (tertiary/aromatic N) is 5. The number of imidazole rings is 1. The van der Waals surface area contributed by atoms with Crippen molar-refractivity contribution in [3.05, 3.63) is 49.2 Å². The Labute approximate surface area is 348 Å². The van der Waals surface area contributed by atoms with Crippen molar-refractivity contribution in [1.82, 2.24) is 24.3 Å². The average molecular weight is 824 g/mol. The van der Waals surface area contributed by atoms with Gasteiger partial charge in [-0.15, -0.1) is 0 Å². The molecule has 2 aromatic rings. The van der Waals surface area contributed by atoms with Crippen molar-refractivity contribution in [2.45, 2.75) is 148 Å². The van der Waals surface area contributed by atoms with Gasteiger partial charge in [-0.2, -0.15) is 0 Å². The van der Waals surface area contributed by atoms with Crippen LogP contribution in [0.3, 0.4) is 0 Å². The van der Waals surface area contributed by atoms with Crippen molar-refractivity contribution in [1.29, 1.82) is 0 Å². The summed E-state index contributed by atoms with van der Waals surface area (Å²) < 4.78 is 33.3. The van der Waals surface area contributed by atoms with Crippen molar-refractivity contribution in [2.75, 3.05) is 27.7 Å². The molecule has 1 amide bonds. The number of aromatic nitrogens is 3. The number of fused-ring (bicyclic) bond motifs is 1. The molecule has 59 heavy (non-hydrogen) atoms. The lowest BCUT2D eigenvalue weighted by Gasteiger charge is -2.47. The zero-order valence-corrected chi connectivity index (χ0v) is 36.4. The summed E-state index contributed by atoms with van der Waals surface area (Å²) in [6.45, 7) is 13.2. The van der Waals surface area contributed by atoms with Gasteiger partial charge >= 0.3 is 12.1 Å². The number of aliphatic hydroxyl groups excluding tert-OH is 1. The number of carbonyl (C=O) groups excluding carboxylic acids is 4. The van der Waals surface area contributed by atoms with Gasteiger partial charge in [-0.05, 0) is 92.1 Å². The highest BCUT2D eigenvalue weighted by Gasteiger charge is 2.59. The van der Waals surface area contributed by atoms with Crippen molar-refractivity contribution in [3.8, 4) is 11.3 Å². The molecule has 1 N–H and O–H groups in total. The van der Waals surface area contributed by atoms with Crippen molar-refractivity contribution < 1.29 is 48.0 Å². The monoisotopic (exact) mass is 823 g/mol. The third-order valence-corrected chi connectivity index (χ3v) is 12.6. The molecule has 15 heteroatoms. The van der Waals surface area contributed by atoms with Crippen LogP contribution in [0.15, 0.2) is 49.2 Å². The average Bonchev–Trinajstić information content (AvgIpc) is 3.79. The molecule has 1 unspecified atom stereocenters. The van der Waals surface area contributed by atoms with Crippen LogP contribution in [0.5, 0.6) is 0 Å². The fraction of sp³-hybridized carbons (Fsp3) is 0.682. The Bertz CT molecular complexity index is 1790. The molecule has 12 atom stereocenters. The standard InChI is InChI=1S/C44H65N5O10/c1-11-17-44-35(49(42(54)59-44)20-14-13-19-48-25-32(46-26-48)31-16-15-18-45-24-31)22-34(50)27(3)23-43(7,55-10)39(29(5)37(51)30(6)40(53)57-36(44)12-2)58-41-38(52)33(47(8)9)21-28(4)56-41/h11,15-18,24-30,33,35-36,38-39,41,52H,12-14,19-23H2,1-10H3/t27-,28-,29+,30-,33+,35-,36-,38-,39-,41?,43+,44+/m1/s1. The maximum absolute atomic E-state index is 14.6. The fourth-order valence-corrected chi connectivity index (χ4v) is 9.10. The van der Waals surface area contributed by atoms with Crippen LogP contribution >= 0.6 is 0 Å². The minimum atomic E-state index is -1.50. The Balaban J connectivity index is 1.45. The normalized spacial score (nSPS) is 35.2. The number of ketones is 2. The molecule has 5 heterocycles. The first-order valence-electron chi connectivity index (χ1n) is 21.0. The highest BCUT2D eigenvalue weighted by atomic mass is 16.7. The highest BCUT2D eigenvalue weighted by Crippen LogP contribution is 2.42. The number of carbonyl (C=O) groups is 4. The number of aryl methyl sites for hydroxylation is 1. The Morgan fingerprint density at radius 1 is 1.10 bits per heavy atom. The maximum atomic E-state index is 14.6. The van der Waals surface area contributed by atoms with Crippen LogP contribution in [0.2, 0.25) is 0 Å². The van der Waals surface area contributed by atoms with Crippen LogP contribution in [0, 0.1) is 17.8 Å². The van der Waals surface area contributed by atoms with Gasteiger partial charge in [0, 0.05) is 68.7 Å². The van der Waals surface area contributed by atoms with Crippen LogP contribution in [-0.4, -0.2) is 135 Å². The minimum absolute atomic E-state index is 0.0941. The van der Waals surface area contributed by atoms with Crippen molar-refractivity contribution in [2.24, 2.45) is 17.8 Å². The molecular weight excluding hydrogens is 759 g/mol. The first-order valence-corrected chi connectivity index (χ1v) is 21.0. The van der Waals surface area contributed by atoms with Gasteiger partial charge in [-0.1, -0.05) is 26.8 Å². The van der Waals surface area contributed by atoms with E-state index >= 15 is 0 Å². The highest BCUT2D eigenvalue weighted by molar-refractivity contribution is 6.00. The number of unbranched alkanes of at least 4 members (excludes halogenated alkanes) is 1. The van der Waals surface area contributed by atoms with Crippen LogP contribution in [0.1, 0.15) is 87.0 Å². The van der Waals surface area contributed by atoms with Crippen molar-refractivity contribution in [3.63, 3.8) is 0 Å². The number of cyclic esters (lactones) is 1. The summed E-state index contributed by atoms with van der Waals surface area (Å²) >= 11 is 0. The van der Waals surface area contributed by atoms with Gasteiger partial charge < -0.3 is 43.2 Å². The molecule has 0 radical (unpaired) electrons. The lowest BCUT2D eigenvalue weighted by Crippen LogP contribution is -2.59. The summed E-state index contributed by atoms with van der Waals surface area (Å²) in [4.78, 5) is 69.1. The zero-order chi connectivity index (χ0) is 43.2. The quantitative estimate of drug-likeness (QED) is 0.128. The molecule has 15 nitrogen and oxygen atoms in total. The summed E-state index contributed by atoms with van der Waals surface area (Å²) in [6.07, 6.45) is 7.66. The van der Waals surface area contributed by atoms with Crippen LogP contribution in [-0.2, 0) is 44.6 Å². The lowest BCUT2D eigenvalue weighted by molar-refractivity contribution is -0.295. The van der Waals surface area contributed by atoms with Gasteiger partial charge in [0.25, 0.3) is 0 Å². The van der Waals surface area contributed by atoms with E-state index in [9.17, 15) is 24.3 Å². The number of esters is 1. The first-order chi connectivity index (χ1) is 28.0. The predicted octanol–water partition coefficient (Wildman–Crippen LogP) is 5.24. The van der Waals surface area contributed by atoms with Gasteiger partial charge in [0.1, 0.15) is 23.9 Å². The van der Waals surface area contributed by atoms with Gasteiger partial charge in [0.2, 0.25) is 0 Å². The molecule has 326 valence electrons. The number of rotatable bonds is 12. The second kappa shape index (κ2) is 19.6. The summed E-state index contributed by atoms with van der Waals surface area (Å²) in [7, 11) is 5.24. The van der Waals surface area contributed by atoms with Crippen LogP contribution < -0.4 is 0 Å². The third-order valence-electron chi connectivity index (χ3n) is 12.6. The van der Waals surface area contributed by atoms with E-state index < -0.39 is 77.4 Å². The molecule has 3 saturated heterocycles. The van der Waals surface area contributed by atoms with Crippen LogP contribution in [0.4, 0.5) is 4.79 Å². The van der Waals surface area contributed by atoms with E-state index in [1.165, 1.54) is 14.0 Å². The summed E-state index contributed by atoms with van der Waals surface area (Å²) in [5.74, 6) is -4.27. The molecule has 0 aromatic carbocycles. The number of likely N-dealkylation sites (N-methyl/N-ethyl adjacent to an activating group) is 1. The number of ether oxygens (including phenoxy) is 5. The number of Topliss-reactive ketones (excluding diaryl/α,β-unsaturated/α-hetero) is 2. The third kappa shape index (κ3) is 9.97. The summed E-state index contributed by atoms with van der Waals surface area (Å²) in [5.41, 5.74) is -1.05. The summed E-state index contributed by atoms with van der Waals surface area (Å²) in [5, 5.41) is 11.4. The van der Waals surface area contributed by atoms with Gasteiger partial charge in [-0.3, -0.25) is 19.4 Å². The van der Waals surface area contributed by atoms with E-state index in [0.29, 0.717) is 25.8 Å². The predicted molar refractivity (Wildman–Crippen MR) is 219 cm³/mol. The van der Waals surface area contributed by atoms with E-state index in [4.69, 9.17) is 23.7 Å². The fourth-order valence-electron chi connectivity index (χ4n) is 9.10. The molecule has 0 saturated carbocycles. The molecule has 0 bridgehead atoms. The number of hydrogen-bond acceptors (Lipinski definition) is 13. The maximum Gasteiger partial charge on any atom is 0.411 e. The van der Waals surface area contributed by atoms with E-state index in [0.717, 1.165) is 11.3 Å². The SMILES string of the molecule is CC=C[C@]12OC(=O)N(CCCCn3cnc(-c4cccnc4)c3)[C@@H]1CC(=O)[C@H](C)C[C@](C)(OC)[C@H](OC1O[C@H](C)C[C@H](N(C)C)[C@H]1O)[C@@H](C)C(=O)[C@@H](C)C(=O)O[C@@H]2CC. The smallest absolute Gasteiger partial charge is 0.411 e.